The lowest BCUT2D eigenvalue weighted by molar-refractivity contribution is -0.384. The third-order valence-electron chi connectivity index (χ3n) is 3.43. The van der Waals surface area contributed by atoms with Gasteiger partial charge in [0, 0.05) is 28.9 Å². The normalized spacial score (nSPS) is 12.7. The molecule has 0 aliphatic rings. The zero-order valence-electron chi connectivity index (χ0n) is 16.6. The Morgan fingerprint density at radius 2 is 1.79 bits per heavy atom. The summed E-state index contributed by atoms with van der Waals surface area (Å²) in [5.41, 5.74) is 0.661. The fourth-order valence-corrected chi connectivity index (χ4v) is 6.56. The number of nitro groups is 1. The van der Waals surface area contributed by atoms with Gasteiger partial charge >= 0.3 is 0 Å². The lowest BCUT2D eigenvalue weighted by Gasteiger charge is -2.25. The van der Waals surface area contributed by atoms with Crippen LogP contribution in [0.3, 0.4) is 0 Å². The van der Waals surface area contributed by atoms with E-state index in [0.29, 0.717) is 19.0 Å². The van der Waals surface area contributed by atoms with Crippen molar-refractivity contribution in [3.63, 3.8) is 0 Å². The Kier molecular flexibility index (Phi) is 9.73. The molecule has 1 amide bonds. The number of benzene rings is 1. The van der Waals surface area contributed by atoms with Crippen LogP contribution in [0.25, 0.3) is 0 Å². The molecule has 0 aromatic heterocycles. The van der Waals surface area contributed by atoms with Crippen molar-refractivity contribution in [2.24, 2.45) is 10.5 Å². The van der Waals surface area contributed by atoms with Crippen molar-refractivity contribution < 1.29 is 18.8 Å². The number of hydrogen-bond acceptors (Lipinski definition) is 8. The first-order chi connectivity index (χ1) is 13.0. The van der Waals surface area contributed by atoms with Crippen LogP contribution < -0.4 is 5.43 Å². The van der Waals surface area contributed by atoms with Gasteiger partial charge in [0.1, 0.15) is 0 Å². The van der Waals surface area contributed by atoms with Gasteiger partial charge in [-0.25, -0.2) is 5.43 Å². The molecule has 0 saturated carbocycles. The molecule has 8 nitrogen and oxygen atoms in total. The fraction of sp³-hybridized carbons (Fsp3) is 0.529. The number of nitrogens with zero attached hydrogens (tertiary/aromatic N) is 2. The molecule has 0 aliphatic heterocycles. The number of carbonyl (C=O) groups is 1. The molecule has 0 radical (unpaired) electrons. The first kappa shape index (κ1) is 24.7. The predicted molar refractivity (Wildman–Crippen MR) is 117 cm³/mol. The summed E-state index contributed by atoms with van der Waals surface area (Å²) in [6.45, 7) is 10.6. The van der Waals surface area contributed by atoms with Gasteiger partial charge in [0.15, 0.2) is 0 Å². The molecular weight excluding hydrogens is 421 g/mol. The molecule has 0 atom stereocenters. The highest BCUT2D eigenvalue weighted by atomic mass is 32.9. The van der Waals surface area contributed by atoms with Crippen molar-refractivity contribution in [1.82, 2.24) is 5.43 Å². The molecule has 0 heterocycles. The Morgan fingerprint density at radius 1 is 1.25 bits per heavy atom. The minimum Gasteiger partial charge on any atom is -0.322 e. The van der Waals surface area contributed by atoms with Gasteiger partial charge in [-0.1, -0.05) is 32.2 Å². The lowest BCUT2D eigenvalue weighted by Crippen LogP contribution is -2.28. The third kappa shape index (κ3) is 7.97. The Bertz CT molecular complexity index is 753. The zero-order valence-corrected chi connectivity index (χ0v) is 19.2. The average molecular weight is 448 g/mol. The SMILES string of the molecule is CCOP(=S)(OCC)SC/C(=N\NC(=O)c1ccc([N+](=O)[O-])cc1)C(C)(C)C. The van der Waals surface area contributed by atoms with Crippen LogP contribution in [-0.4, -0.2) is 35.5 Å². The Hall–Kier alpha value is -1.32. The van der Waals surface area contributed by atoms with Gasteiger partial charge in [0.2, 0.25) is 5.69 Å². The molecule has 0 unspecified atom stereocenters. The van der Waals surface area contributed by atoms with Crippen molar-refractivity contribution in [2.75, 3.05) is 19.0 Å². The van der Waals surface area contributed by atoms with Gasteiger partial charge in [-0.3, -0.25) is 14.9 Å². The van der Waals surface area contributed by atoms with Gasteiger partial charge in [-0.15, -0.1) is 0 Å². The second-order valence-electron chi connectivity index (χ2n) is 6.61. The summed E-state index contributed by atoms with van der Waals surface area (Å²) in [4.78, 5) is 22.5. The number of non-ortho nitro benzene ring substituents is 1. The summed E-state index contributed by atoms with van der Waals surface area (Å²) in [6, 6.07) is 5.33. The van der Waals surface area contributed by atoms with Crippen LogP contribution in [0.2, 0.25) is 0 Å². The van der Waals surface area contributed by atoms with E-state index in [1.807, 2.05) is 34.6 Å². The summed E-state index contributed by atoms with van der Waals surface area (Å²) in [6.07, 6.45) is 0. The first-order valence-corrected chi connectivity index (χ1v) is 12.9. The van der Waals surface area contributed by atoms with Crippen LogP contribution in [0.15, 0.2) is 29.4 Å². The highest BCUT2D eigenvalue weighted by Gasteiger charge is 2.25. The molecule has 11 heteroatoms. The van der Waals surface area contributed by atoms with E-state index in [9.17, 15) is 14.9 Å². The largest absolute Gasteiger partial charge is 0.322 e. The smallest absolute Gasteiger partial charge is 0.271 e. The van der Waals surface area contributed by atoms with Gasteiger partial charge in [-0.05, 0) is 37.8 Å². The van der Waals surface area contributed by atoms with Crippen LogP contribution in [-0.2, 0) is 20.9 Å². The van der Waals surface area contributed by atoms with Gasteiger partial charge in [0.25, 0.3) is 11.6 Å². The predicted octanol–water partition coefficient (Wildman–Crippen LogP) is 4.76. The standard InChI is InChI=1S/C17H26N3O5PS2/c1-6-24-26(27,25-7-2)28-12-15(17(3,4)5)18-19-16(21)13-8-10-14(11-9-13)20(22)23/h8-11H,6-7,12H2,1-5H3,(H,19,21)/b18-15+. The first-order valence-electron chi connectivity index (χ1n) is 8.68. The lowest BCUT2D eigenvalue weighted by atomic mass is 9.91. The number of nitrogens with one attached hydrogen (secondary N) is 1. The molecule has 0 saturated heterocycles. The van der Waals surface area contributed by atoms with E-state index < -0.39 is 16.5 Å². The molecule has 1 aromatic carbocycles. The second kappa shape index (κ2) is 11.0. The summed E-state index contributed by atoms with van der Waals surface area (Å²) in [5.74, 6) is -0.00268. The highest BCUT2D eigenvalue weighted by Crippen LogP contribution is 2.61. The van der Waals surface area contributed by atoms with Crippen LogP contribution in [0.1, 0.15) is 45.0 Å². The maximum atomic E-state index is 12.3. The summed E-state index contributed by atoms with van der Waals surface area (Å²) < 4.78 is 11.3. The van der Waals surface area contributed by atoms with Crippen LogP contribution in [0.5, 0.6) is 0 Å². The number of nitro benzene ring substituents is 1. The fourth-order valence-electron chi connectivity index (χ4n) is 1.90. The van der Waals surface area contributed by atoms with E-state index in [-0.39, 0.29) is 16.7 Å². The number of carbonyl (C=O) groups excluding carboxylic acids is 1. The summed E-state index contributed by atoms with van der Waals surface area (Å²) >= 11 is 6.90. The number of hydrogen-bond donors (Lipinski definition) is 1. The maximum absolute atomic E-state index is 12.3. The Labute approximate surface area is 174 Å². The molecule has 1 N–H and O–H groups in total. The van der Waals surface area contributed by atoms with E-state index >= 15 is 0 Å². The van der Waals surface area contributed by atoms with E-state index in [1.165, 1.54) is 35.6 Å². The third-order valence-corrected chi connectivity index (χ3v) is 8.85. The quantitative estimate of drug-likeness (QED) is 0.239. The van der Waals surface area contributed by atoms with Crippen LogP contribution >= 0.6 is 17.1 Å². The van der Waals surface area contributed by atoms with Crippen molar-refractivity contribution in [1.29, 1.82) is 0 Å². The topological polar surface area (TPSA) is 103 Å². The molecule has 0 spiro atoms. The maximum Gasteiger partial charge on any atom is 0.271 e. The molecule has 1 rings (SSSR count). The number of hydrazone groups is 1. The van der Waals surface area contributed by atoms with Gasteiger partial charge < -0.3 is 9.05 Å². The second-order valence-corrected chi connectivity index (χ2v) is 12.9. The Morgan fingerprint density at radius 3 is 2.21 bits per heavy atom. The number of amides is 1. The summed E-state index contributed by atoms with van der Waals surface area (Å²) in [5, 5.41) is 15.0. The number of rotatable bonds is 10. The van der Waals surface area contributed by atoms with Gasteiger partial charge in [-0.2, -0.15) is 5.10 Å². The minimum absolute atomic E-state index is 0.0792. The molecule has 0 aliphatic carbocycles. The monoisotopic (exact) mass is 447 g/mol. The average Bonchev–Trinajstić information content (AvgIpc) is 2.60. The molecule has 0 fully saturated rings. The minimum atomic E-state index is -2.47. The van der Waals surface area contributed by atoms with E-state index in [0.717, 1.165) is 5.71 Å². The molecule has 28 heavy (non-hydrogen) atoms. The molecule has 156 valence electrons. The molecule has 1 aromatic rings. The van der Waals surface area contributed by atoms with E-state index in [4.69, 9.17) is 20.9 Å². The molecular formula is C17H26N3O5PS2. The van der Waals surface area contributed by atoms with Crippen molar-refractivity contribution >= 4 is 46.2 Å². The highest BCUT2D eigenvalue weighted by molar-refractivity contribution is 8.68. The van der Waals surface area contributed by atoms with Crippen molar-refractivity contribution in [2.45, 2.75) is 34.6 Å². The van der Waals surface area contributed by atoms with E-state index in [2.05, 4.69) is 10.5 Å². The zero-order chi connectivity index (χ0) is 21.4. The Balaban J connectivity index is 2.89. The summed E-state index contributed by atoms with van der Waals surface area (Å²) in [7, 11) is 0. The van der Waals surface area contributed by atoms with Crippen molar-refractivity contribution in [3.8, 4) is 0 Å². The molecule has 0 bridgehead atoms. The van der Waals surface area contributed by atoms with Crippen LogP contribution in [0, 0.1) is 15.5 Å². The van der Waals surface area contributed by atoms with Crippen LogP contribution in [0.4, 0.5) is 5.69 Å². The van der Waals surface area contributed by atoms with Gasteiger partial charge in [0.05, 0.1) is 23.8 Å². The van der Waals surface area contributed by atoms with Crippen molar-refractivity contribution in [3.05, 3.63) is 39.9 Å². The van der Waals surface area contributed by atoms with E-state index in [1.54, 1.807) is 0 Å².